The monoisotopic (exact) mass is 410 g/mol. The molecule has 0 radical (unpaired) electrons. The molecule has 1 heteroatoms. The van der Waals surface area contributed by atoms with E-state index in [1.54, 1.807) is 0 Å². The predicted octanol–water partition coefficient (Wildman–Crippen LogP) is 5.94. The molecule has 0 aromatic heterocycles. The maximum Gasteiger partial charge on any atom is 4.00 e. The summed E-state index contributed by atoms with van der Waals surface area (Å²) < 4.78 is 0. The van der Waals surface area contributed by atoms with E-state index in [1.165, 1.54) is 0 Å². The van der Waals surface area contributed by atoms with E-state index in [4.69, 9.17) is 0 Å². The molecule has 0 nitrogen and oxygen atoms in total. The van der Waals surface area contributed by atoms with E-state index in [0.29, 0.717) is 0 Å². The molecule has 0 heterocycles. The van der Waals surface area contributed by atoms with E-state index in [2.05, 4.69) is 24.3 Å². The van der Waals surface area contributed by atoms with Crippen molar-refractivity contribution in [3.63, 3.8) is 0 Å². The molecule has 0 amide bonds. The van der Waals surface area contributed by atoms with E-state index in [-0.39, 0.29) is 19.5 Å². The Balaban J connectivity index is 0.000000303. The minimum absolute atomic E-state index is 0. The van der Waals surface area contributed by atoms with Gasteiger partial charge in [0.1, 0.15) is 0 Å². The summed E-state index contributed by atoms with van der Waals surface area (Å²) in [7, 11) is 0. The van der Waals surface area contributed by atoms with E-state index >= 15 is 0 Å². The van der Waals surface area contributed by atoms with Gasteiger partial charge in [-0.2, -0.15) is 146 Å². The van der Waals surface area contributed by atoms with Crippen LogP contribution >= 0.6 is 0 Å². The molecule has 25 heavy (non-hydrogen) atoms. The zero-order chi connectivity index (χ0) is 17.0. The number of benzene rings is 4. The maximum absolute atomic E-state index is 2.89. The van der Waals surface area contributed by atoms with Gasteiger partial charge >= 0.3 is 19.5 Å². The van der Waals surface area contributed by atoms with Crippen LogP contribution in [0.25, 0.3) is 0 Å². The molecule has 0 saturated carbocycles. The second-order valence-corrected chi connectivity index (χ2v) is 4.31. The minimum atomic E-state index is 0. The van der Waals surface area contributed by atoms with Gasteiger partial charge in [-0.3, -0.25) is 0 Å². The van der Waals surface area contributed by atoms with Gasteiger partial charge in [0.2, 0.25) is 0 Å². The van der Waals surface area contributed by atoms with E-state index < -0.39 is 0 Å². The first-order valence-corrected chi connectivity index (χ1v) is 7.64. The Kier molecular flexibility index (Phi) is 17.6. The largest absolute Gasteiger partial charge is 4.00 e. The van der Waals surface area contributed by atoms with Gasteiger partial charge in [0.05, 0.1) is 0 Å². The zero-order valence-electron chi connectivity index (χ0n) is 13.9. The molecular formula is C24H20Ru. The third-order valence-corrected chi connectivity index (χ3v) is 2.43. The van der Waals surface area contributed by atoms with Gasteiger partial charge in [-0.15, -0.1) is 0 Å². The molecule has 4 rings (SSSR count). The smallest absolute Gasteiger partial charge is 0.184 e. The second-order valence-electron chi connectivity index (χ2n) is 4.31. The Bertz CT molecular complexity index is 420. The van der Waals surface area contributed by atoms with Gasteiger partial charge in [0.15, 0.2) is 0 Å². The summed E-state index contributed by atoms with van der Waals surface area (Å²) in [6.07, 6.45) is 0. The molecule has 0 spiro atoms. The normalized spacial score (nSPS) is 7.68. The van der Waals surface area contributed by atoms with E-state index in [9.17, 15) is 0 Å². The van der Waals surface area contributed by atoms with Gasteiger partial charge < -0.3 is 0 Å². The third kappa shape index (κ3) is 17.7. The van der Waals surface area contributed by atoms with Crippen LogP contribution in [-0.2, 0) is 19.5 Å². The molecule has 0 atom stereocenters. The van der Waals surface area contributed by atoms with Crippen molar-refractivity contribution in [2.45, 2.75) is 0 Å². The van der Waals surface area contributed by atoms with Crippen molar-refractivity contribution < 1.29 is 19.5 Å². The summed E-state index contributed by atoms with van der Waals surface area (Å²) in [6.45, 7) is 0. The molecule has 124 valence electrons. The summed E-state index contributed by atoms with van der Waals surface area (Å²) in [5.74, 6) is 0. The van der Waals surface area contributed by atoms with Gasteiger partial charge in [0.25, 0.3) is 0 Å². The van der Waals surface area contributed by atoms with Crippen molar-refractivity contribution in [1.29, 1.82) is 0 Å². The quantitative estimate of drug-likeness (QED) is 0.249. The Labute approximate surface area is 165 Å². The Hall–Kier alpha value is -2.50. The average Bonchev–Trinajstić information content (AvgIpc) is 2.75. The van der Waals surface area contributed by atoms with Crippen LogP contribution in [-0.4, -0.2) is 0 Å². The summed E-state index contributed by atoms with van der Waals surface area (Å²) >= 11 is 0. The molecule has 0 aliphatic carbocycles. The molecule has 0 N–H and O–H groups in total. The van der Waals surface area contributed by atoms with Crippen molar-refractivity contribution in [3.8, 4) is 0 Å². The first-order valence-electron chi connectivity index (χ1n) is 7.64. The fraction of sp³-hybridized carbons (Fsp3) is 0. The zero-order valence-corrected chi connectivity index (χ0v) is 15.6. The summed E-state index contributed by atoms with van der Waals surface area (Å²) in [5, 5.41) is 0. The summed E-state index contributed by atoms with van der Waals surface area (Å²) in [6, 6.07) is 50.0. The predicted molar refractivity (Wildman–Crippen MR) is 101 cm³/mol. The summed E-state index contributed by atoms with van der Waals surface area (Å²) in [5.41, 5.74) is 0. The Morgan fingerprint density at radius 1 is 0.240 bits per heavy atom. The van der Waals surface area contributed by atoms with Crippen molar-refractivity contribution in [1.82, 2.24) is 0 Å². The topological polar surface area (TPSA) is 0 Å². The summed E-state index contributed by atoms with van der Waals surface area (Å²) in [4.78, 5) is 0. The van der Waals surface area contributed by atoms with Crippen LogP contribution < -0.4 is 0 Å². The van der Waals surface area contributed by atoms with Gasteiger partial charge in [-0.1, -0.05) is 0 Å². The molecule has 4 aromatic rings. The number of hydrogen-bond donors (Lipinski definition) is 0. The average molecular weight is 409 g/mol. The molecule has 0 aliphatic rings. The van der Waals surface area contributed by atoms with Crippen molar-refractivity contribution in [2.75, 3.05) is 0 Å². The molecule has 0 bridgehead atoms. The van der Waals surface area contributed by atoms with Crippen LogP contribution in [0.5, 0.6) is 0 Å². The van der Waals surface area contributed by atoms with Crippen LogP contribution in [0.2, 0.25) is 0 Å². The standard InChI is InChI=1S/4C6H5.Ru/c4*1-2-4-6-5-3-1;/h4*1-5H;/q4*-1;+4. The fourth-order valence-corrected chi connectivity index (χ4v) is 1.37. The van der Waals surface area contributed by atoms with Gasteiger partial charge in [-0.05, 0) is 0 Å². The number of hydrogen-bond acceptors (Lipinski definition) is 0. The van der Waals surface area contributed by atoms with Crippen LogP contribution in [0, 0.1) is 24.3 Å². The Morgan fingerprint density at radius 3 is 0.440 bits per heavy atom. The van der Waals surface area contributed by atoms with Crippen LogP contribution in [0.15, 0.2) is 121 Å². The van der Waals surface area contributed by atoms with Gasteiger partial charge in [-0.25, -0.2) is 0 Å². The van der Waals surface area contributed by atoms with Crippen LogP contribution in [0.1, 0.15) is 0 Å². The van der Waals surface area contributed by atoms with Crippen molar-refractivity contribution in [2.24, 2.45) is 0 Å². The molecule has 0 fully saturated rings. The number of rotatable bonds is 0. The van der Waals surface area contributed by atoms with Crippen molar-refractivity contribution in [3.05, 3.63) is 146 Å². The first-order chi connectivity index (χ1) is 12.0. The minimum Gasteiger partial charge on any atom is -0.184 e. The van der Waals surface area contributed by atoms with Crippen molar-refractivity contribution >= 4 is 0 Å². The second kappa shape index (κ2) is 19.5. The van der Waals surface area contributed by atoms with Gasteiger partial charge in [0, 0.05) is 0 Å². The molecular weight excluding hydrogens is 389 g/mol. The SMILES string of the molecule is [Ru+4].[c-]1ccccc1.[c-]1ccccc1.[c-]1ccccc1.[c-]1ccccc1. The molecule has 0 unspecified atom stereocenters. The molecule has 0 aliphatic heterocycles. The van der Waals surface area contributed by atoms with Crippen LogP contribution in [0.3, 0.4) is 0 Å². The fourth-order valence-electron chi connectivity index (χ4n) is 1.37. The van der Waals surface area contributed by atoms with E-state index in [0.717, 1.165) is 0 Å². The molecule has 0 saturated heterocycles. The van der Waals surface area contributed by atoms with Crippen LogP contribution in [0.4, 0.5) is 0 Å². The first kappa shape index (κ1) is 22.5. The van der Waals surface area contributed by atoms with E-state index in [1.807, 2.05) is 121 Å². The third-order valence-electron chi connectivity index (χ3n) is 2.43. The molecule has 4 aromatic carbocycles. The maximum atomic E-state index is 2.89. The Morgan fingerprint density at radius 2 is 0.400 bits per heavy atom.